The van der Waals surface area contributed by atoms with Crippen molar-refractivity contribution in [3.63, 3.8) is 0 Å². The number of carbonyl (C=O) groups is 1. The molecule has 90 valence electrons. The minimum Gasteiger partial charge on any atom is -0.469 e. The van der Waals surface area contributed by atoms with Crippen LogP contribution >= 0.6 is 11.8 Å². The molecular weight excluding hydrogens is 228 g/mol. The summed E-state index contributed by atoms with van der Waals surface area (Å²) >= 11 is 1.75. The van der Waals surface area contributed by atoms with E-state index in [9.17, 15) is 4.79 Å². The Morgan fingerprint density at radius 2 is 2.31 bits per heavy atom. The van der Waals surface area contributed by atoms with Crippen LogP contribution in [0.4, 0.5) is 0 Å². The standard InChI is InChI=1S/C10H16N2O3S/c1-7(2)5-16-6-8-11-9(15-12-8)4-10(13)14-3/h7H,4-6H2,1-3H3. The van der Waals surface area contributed by atoms with Gasteiger partial charge in [-0.2, -0.15) is 16.7 Å². The van der Waals surface area contributed by atoms with E-state index in [2.05, 4.69) is 28.7 Å². The lowest BCUT2D eigenvalue weighted by Gasteiger charge is -2.00. The van der Waals surface area contributed by atoms with Crippen LogP contribution in [0.2, 0.25) is 0 Å². The molecule has 0 radical (unpaired) electrons. The predicted octanol–water partition coefficient (Wildman–Crippen LogP) is 1.67. The number of esters is 1. The van der Waals surface area contributed by atoms with Gasteiger partial charge in [-0.1, -0.05) is 19.0 Å². The molecular formula is C10H16N2O3S. The zero-order valence-corrected chi connectivity index (χ0v) is 10.5. The molecule has 1 rings (SSSR count). The number of rotatable bonds is 6. The third kappa shape index (κ3) is 4.65. The maximum Gasteiger partial charge on any atom is 0.315 e. The minimum atomic E-state index is -0.370. The van der Waals surface area contributed by atoms with E-state index in [0.29, 0.717) is 23.4 Å². The van der Waals surface area contributed by atoms with Gasteiger partial charge in [0.1, 0.15) is 6.42 Å². The van der Waals surface area contributed by atoms with Gasteiger partial charge in [0.25, 0.3) is 0 Å². The van der Waals surface area contributed by atoms with Crippen molar-refractivity contribution >= 4 is 17.7 Å². The molecule has 16 heavy (non-hydrogen) atoms. The fourth-order valence-electron chi connectivity index (χ4n) is 1.00. The van der Waals surface area contributed by atoms with E-state index < -0.39 is 0 Å². The Balaban J connectivity index is 2.36. The first-order valence-electron chi connectivity index (χ1n) is 5.07. The summed E-state index contributed by atoms with van der Waals surface area (Å²) in [7, 11) is 1.33. The van der Waals surface area contributed by atoms with E-state index in [0.717, 1.165) is 5.75 Å². The van der Waals surface area contributed by atoms with Crippen LogP contribution in [0, 0.1) is 5.92 Å². The monoisotopic (exact) mass is 244 g/mol. The molecule has 0 bridgehead atoms. The summed E-state index contributed by atoms with van der Waals surface area (Å²) in [6.45, 7) is 4.32. The van der Waals surface area contributed by atoms with E-state index in [1.165, 1.54) is 7.11 Å². The smallest absolute Gasteiger partial charge is 0.315 e. The van der Waals surface area contributed by atoms with Crippen molar-refractivity contribution in [2.24, 2.45) is 5.92 Å². The Kier molecular flexibility index (Phi) is 5.31. The van der Waals surface area contributed by atoms with Gasteiger partial charge in [-0.3, -0.25) is 4.79 Å². The van der Waals surface area contributed by atoms with Crippen LogP contribution in [0.5, 0.6) is 0 Å². The molecule has 0 amide bonds. The van der Waals surface area contributed by atoms with Crippen LogP contribution in [0.25, 0.3) is 0 Å². The Morgan fingerprint density at radius 3 is 2.94 bits per heavy atom. The van der Waals surface area contributed by atoms with Crippen molar-refractivity contribution in [2.75, 3.05) is 12.9 Å². The molecule has 1 heterocycles. The Hall–Kier alpha value is -1.04. The van der Waals surface area contributed by atoms with E-state index in [4.69, 9.17) is 4.52 Å². The minimum absolute atomic E-state index is 0.0400. The van der Waals surface area contributed by atoms with Gasteiger partial charge in [0, 0.05) is 0 Å². The summed E-state index contributed by atoms with van der Waals surface area (Å²) in [5.74, 6) is 2.98. The normalized spacial score (nSPS) is 10.8. The quantitative estimate of drug-likeness (QED) is 0.709. The third-order valence-electron chi connectivity index (χ3n) is 1.72. The number of thioether (sulfide) groups is 1. The zero-order chi connectivity index (χ0) is 12.0. The van der Waals surface area contributed by atoms with Gasteiger partial charge in [0.2, 0.25) is 5.89 Å². The van der Waals surface area contributed by atoms with Gasteiger partial charge >= 0.3 is 5.97 Å². The largest absolute Gasteiger partial charge is 0.469 e. The number of ether oxygens (including phenoxy) is 1. The summed E-state index contributed by atoms with van der Waals surface area (Å²) in [5, 5.41) is 3.79. The molecule has 0 aliphatic heterocycles. The second kappa shape index (κ2) is 6.52. The molecule has 0 aromatic carbocycles. The summed E-state index contributed by atoms with van der Waals surface area (Å²) in [6.07, 6.45) is 0.0400. The fraction of sp³-hybridized carbons (Fsp3) is 0.700. The second-order valence-electron chi connectivity index (χ2n) is 3.77. The average molecular weight is 244 g/mol. The molecule has 0 atom stereocenters. The van der Waals surface area contributed by atoms with Gasteiger partial charge in [0.15, 0.2) is 5.82 Å². The maximum absolute atomic E-state index is 10.9. The molecule has 0 spiro atoms. The van der Waals surface area contributed by atoms with Gasteiger partial charge in [-0.05, 0) is 11.7 Å². The second-order valence-corrected chi connectivity index (χ2v) is 4.80. The van der Waals surface area contributed by atoms with E-state index in [-0.39, 0.29) is 12.4 Å². The van der Waals surface area contributed by atoms with Crippen molar-refractivity contribution in [2.45, 2.75) is 26.0 Å². The van der Waals surface area contributed by atoms with Crippen molar-refractivity contribution in [3.05, 3.63) is 11.7 Å². The summed E-state index contributed by atoms with van der Waals surface area (Å²) in [4.78, 5) is 15.0. The van der Waals surface area contributed by atoms with Gasteiger partial charge < -0.3 is 9.26 Å². The number of aromatic nitrogens is 2. The highest BCUT2D eigenvalue weighted by atomic mass is 32.2. The predicted molar refractivity (Wildman–Crippen MR) is 61.0 cm³/mol. The molecule has 0 saturated heterocycles. The molecule has 0 N–H and O–H groups in total. The molecule has 1 aromatic heterocycles. The molecule has 0 aliphatic carbocycles. The van der Waals surface area contributed by atoms with Crippen LogP contribution < -0.4 is 0 Å². The molecule has 6 heteroatoms. The Bertz CT molecular complexity index is 339. The zero-order valence-electron chi connectivity index (χ0n) is 9.73. The van der Waals surface area contributed by atoms with Gasteiger partial charge in [0.05, 0.1) is 12.9 Å². The molecule has 5 nitrogen and oxygen atoms in total. The first-order chi connectivity index (χ1) is 7.61. The number of methoxy groups -OCH3 is 1. The summed E-state index contributed by atoms with van der Waals surface area (Å²) < 4.78 is 9.42. The Labute approximate surface area is 98.9 Å². The van der Waals surface area contributed by atoms with Crippen LogP contribution in [0.3, 0.4) is 0 Å². The van der Waals surface area contributed by atoms with Gasteiger partial charge in [-0.15, -0.1) is 0 Å². The number of nitrogens with zero attached hydrogens (tertiary/aromatic N) is 2. The van der Waals surface area contributed by atoms with Crippen molar-refractivity contribution in [1.82, 2.24) is 10.1 Å². The summed E-state index contributed by atoms with van der Waals surface area (Å²) in [6, 6.07) is 0. The molecule has 0 fully saturated rings. The number of carbonyl (C=O) groups excluding carboxylic acids is 1. The number of hydrogen-bond acceptors (Lipinski definition) is 6. The van der Waals surface area contributed by atoms with Crippen LogP contribution in [0.1, 0.15) is 25.6 Å². The van der Waals surface area contributed by atoms with E-state index >= 15 is 0 Å². The lowest BCUT2D eigenvalue weighted by molar-refractivity contribution is -0.140. The highest BCUT2D eigenvalue weighted by molar-refractivity contribution is 7.98. The average Bonchev–Trinajstić information content (AvgIpc) is 2.65. The fourth-order valence-corrected chi connectivity index (χ4v) is 1.89. The van der Waals surface area contributed by atoms with Crippen molar-refractivity contribution in [3.8, 4) is 0 Å². The lowest BCUT2D eigenvalue weighted by Crippen LogP contribution is -2.04. The van der Waals surface area contributed by atoms with E-state index in [1.54, 1.807) is 11.8 Å². The topological polar surface area (TPSA) is 65.2 Å². The first-order valence-corrected chi connectivity index (χ1v) is 6.23. The first kappa shape index (κ1) is 13.0. The third-order valence-corrected chi connectivity index (χ3v) is 3.08. The Morgan fingerprint density at radius 1 is 1.56 bits per heavy atom. The van der Waals surface area contributed by atoms with E-state index in [1.807, 2.05) is 0 Å². The van der Waals surface area contributed by atoms with Crippen LogP contribution in [-0.2, 0) is 21.7 Å². The highest BCUT2D eigenvalue weighted by Crippen LogP contribution is 2.13. The van der Waals surface area contributed by atoms with Crippen molar-refractivity contribution < 1.29 is 14.1 Å². The molecule has 1 aromatic rings. The van der Waals surface area contributed by atoms with Gasteiger partial charge in [-0.25, -0.2) is 0 Å². The van der Waals surface area contributed by atoms with Crippen LogP contribution in [0.15, 0.2) is 4.52 Å². The lowest BCUT2D eigenvalue weighted by atomic mass is 10.3. The van der Waals surface area contributed by atoms with Crippen molar-refractivity contribution in [1.29, 1.82) is 0 Å². The highest BCUT2D eigenvalue weighted by Gasteiger charge is 2.11. The SMILES string of the molecule is COC(=O)Cc1nc(CSCC(C)C)no1. The molecule has 0 aliphatic rings. The maximum atomic E-state index is 10.9. The molecule has 0 saturated carbocycles. The number of hydrogen-bond donors (Lipinski definition) is 0. The summed E-state index contributed by atoms with van der Waals surface area (Å²) in [5.41, 5.74) is 0. The molecule has 0 unspecified atom stereocenters. The van der Waals surface area contributed by atoms with Crippen LogP contribution in [-0.4, -0.2) is 29.0 Å².